The van der Waals surface area contributed by atoms with Crippen LogP contribution in [0.4, 0.5) is 0 Å². The highest BCUT2D eigenvalue weighted by molar-refractivity contribution is 5.11. The van der Waals surface area contributed by atoms with Crippen molar-refractivity contribution in [3.63, 3.8) is 0 Å². The molecule has 86 valence electrons. The van der Waals surface area contributed by atoms with Crippen LogP contribution in [0.5, 0.6) is 0 Å². The summed E-state index contributed by atoms with van der Waals surface area (Å²) < 4.78 is 11.6. The van der Waals surface area contributed by atoms with Crippen LogP contribution in [-0.2, 0) is 9.47 Å². The first-order valence-corrected chi connectivity index (χ1v) is 6.12. The topological polar surface area (TPSA) is 44.5 Å². The monoisotopic (exact) mass is 211 g/mol. The van der Waals surface area contributed by atoms with Gasteiger partial charge in [-0.05, 0) is 36.6 Å². The Labute approximate surface area is 91.3 Å². The number of ether oxygens (including phenoxy) is 2. The molecule has 3 aliphatic rings. The second kappa shape index (κ2) is 2.96. The third-order valence-electron chi connectivity index (χ3n) is 5.04. The lowest BCUT2D eigenvalue weighted by molar-refractivity contribution is -0.213. The fraction of sp³-hybridized carbons (Fsp3) is 1.00. The van der Waals surface area contributed by atoms with Crippen molar-refractivity contribution in [3.05, 3.63) is 0 Å². The van der Waals surface area contributed by atoms with Gasteiger partial charge in [-0.2, -0.15) is 0 Å². The zero-order valence-electron chi connectivity index (χ0n) is 9.55. The van der Waals surface area contributed by atoms with E-state index in [-0.39, 0.29) is 11.2 Å². The predicted octanol–water partition coefficient (Wildman–Crippen LogP) is 1.66. The van der Waals surface area contributed by atoms with E-state index in [0.717, 1.165) is 32.6 Å². The molecule has 0 amide bonds. The van der Waals surface area contributed by atoms with Crippen LogP contribution in [0.3, 0.4) is 0 Å². The van der Waals surface area contributed by atoms with Crippen LogP contribution >= 0.6 is 0 Å². The van der Waals surface area contributed by atoms with E-state index >= 15 is 0 Å². The lowest BCUT2D eigenvalue weighted by atomic mass is 9.62. The van der Waals surface area contributed by atoms with Gasteiger partial charge in [0.2, 0.25) is 0 Å². The Hall–Kier alpha value is -0.120. The van der Waals surface area contributed by atoms with E-state index in [9.17, 15) is 0 Å². The molecule has 0 aromatic carbocycles. The Balaban J connectivity index is 1.84. The molecule has 0 aromatic heterocycles. The molecule has 3 nitrogen and oxygen atoms in total. The van der Waals surface area contributed by atoms with E-state index in [1.54, 1.807) is 0 Å². The van der Waals surface area contributed by atoms with Gasteiger partial charge in [-0.1, -0.05) is 6.92 Å². The van der Waals surface area contributed by atoms with E-state index in [1.165, 1.54) is 19.3 Å². The molecule has 3 fully saturated rings. The Kier molecular flexibility index (Phi) is 1.99. The van der Waals surface area contributed by atoms with Crippen LogP contribution in [0.25, 0.3) is 0 Å². The summed E-state index contributed by atoms with van der Waals surface area (Å²) in [6, 6.07) is 0. The van der Waals surface area contributed by atoms with Crippen molar-refractivity contribution in [1.82, 2.24) is 0 Å². The summed E-state index contributed by atoms with van der Waals surface area (Å²) in [6.07, 6.45) is 6.02. The molecule has 1 atom stereocenters. The van der Waals surface area contributed by atoms with Crippen molar-refractivity contribution in [3.8, 4) is 0 Å². The highest BCUT2D eigenvalue weighted by Gasteiger charge is 2.62. The Bertz CT molecular complexity index is 269. The molecule has 0 radical (unpaired) electrons. The van der Waals surface area contributed by atoms with Crippen LogP contribution in [0.15, 0.2) is 0 Å². The fourth-order valence-corrected chi connectivity index (χ4v) is 3.64. The summed E-state index contributed by atoms with van der Waals surface area (Å²) in [6.45, 7) is 4.61. The minimum atomic E-state index is -0.276. The summed E-state index contributed by atoms with van der Waals surface area (Å²) in [5.74, 6) is -0.276. The molecule has 2 aliphatic carbocycles. The van der Waals surface area contributed by atoms with E-state index < -0.39 is 0 Å². The average Bonchev–Trinajstić information content (AvgIpc) is 2.91. The van der Waals surface area contributed by atoms with Gasteiger partial charge >= 0.3 is 0 Å². The molecule has 2 spiro atoms. The lowest BCUT2D eigenvalue weighted by Gasteiger charge is -2.48. The van der Waals surface area contributed by atoms with E-state index in [0.29, 0.717) is 5.41 Å². The summed E-state index contributed by atoms with van der Waals surface area (Å²) in [4.78, 5) is 0. The lowest BCUT2D eigenvalue weighted by Crippen LogP contribution is -2.50. The molecule has 1 unspecified atom stereocenters. The second-order valence-electron chi connectivity index (χ2n) is 5.83. The number of nitrogens with two attached hydrogens (primary N) is 1. The summed E-state index contributed by atoms with van der Waals surface area (Å²) in [5.41, 5.74) is 6.75. The molecule has 2 saturated carbocycles. The zero-order chi connectivity index (χ0) is 10.6. The molecule has 15 heavy (non-hydrogen) atoms. The van der Waals surface area contributed by atoms with E-state index in [2.05, 4.69) is 6.92 Å². The first-order valence-electron chi connectivity index (χ1n) is 6.12. The van der Waals surface area contributed by atoms with Gasteiger partial charge in [-0.15, -0.1) is 0 Å². The summed E-state index contributed by atoms with van der Waals surface area (Å²) in [7, 11) is 0. The predicted molar refractivity (Wildman–Crippen MR) is 57.3 cm³/mol. The molecular weight excluding hydrogens is 190 g/mol. The van der Waals surface area contributed by atoms with Gasteiger partial charge in [0.1, 0.15) is 0 Å². The van der Waals surface area contributed by atoms with Crippen LogP contribution in [0.2, 0.25) is 0 Å². The normalized spacial score (nSPS) is 41.2. The third kappa shape index (κ3) is 1.30. The van der Waals surface area contributed by atoms with Crippen molar-refractivity contribution in [2.24, 2.45) is 16.6 Å². The minimum Gasteiger partial charge on any atom is -0.348 e. The minimum absolute atomic E-state index is 0.232. The second-order valence-corrected chi connectivity index (χ2v) is 5.83. The van der Waals surface area contributed by atoms with Gasteiger partial charge in [0.05, 0.1) is 13.2 Å². The van der Waals surface area contributed by atoms with Crippen molar-refractivity contribution >= 4 is 0 Å². The molecule has 0 aromatic rings. The van der Waals surface area contributed by atoms with Gasteiger partial charge in [-0.25, -0.2) is 0 Å². The third-order valence-corrected chi connectivity index (χ3v) is 5.04. The van der Waals surface area contributed by atoms with Gasteiger partial charge in [0.15, 0.2) is 5.79 Å². The van der Waals surface area contributed by atoms with Gasteiger partial charge in [-0.3, -0.25) is 0 Å². The van der Waals surface area contributed by atoms with Gasteiger partial charge in [0, 0.05) is 12.8 Å². The van der Waals surface area contributed by atoms with E-state index in [4.69, 9.17) is 15.2 Å². The quantitative estimate of drug-likeness (QED) is 0.717. The molecule has 0 bridgehead atoms. The highest BCUT2D eigenvalue weighted by atomic mass is 16.7. The highest BCUT2D eigenvalue weighted by Crippen LogP contribution is 2.67. The molecule has 3 heteroatoms. The first kappa shape index (κ1) is 10.1. The molecule has 3 rings (SSSR count). The molecule has 1 saturated heterocycles. The van der Waals surface area contributed by atoms with Crippen LogP contribution in [0, 0.1) is 10.8 Å². The van der Waals surface area contributed by atoms with E-state index in [1.807, 2.05) is 0 Å². The number of rotatable bonds is 1. The first-order chi connectivity index (χ1) is 7.14. The molecular formula is C12H21NO2. The number of hydrogen-bond donors (Lipinski definition) is 1. The van der Waals surface area contributed by atoms with Crippen LogP contribution in [0.1, 0.15) is 39.0 Å². The van der Waals surface area contributed by atoms with Crippen molar-refractivity contribution < 1.29 is 9.47 Å². The Morgan fingerprint density at radius 2 is 1.67 bits per heavy atom. The Morgan fingerprint density at radius 3 is 2.20 bits per heavy atom. The maximum Gasteiger partial charge on any atom is 0.169 e. The smallest absolute Gasteiger partial charge is 0.169 e. The number of hydrogen-bond acceptors (Lipinski definition) is 3. The average molecular weight is 211 g/mol. The SMILES string of the molecule is CC1(CN)CC2(CCC13CC3)OCCO2. The zero-order valence-corrected chi connectivity index (χ0v) is 9.55. The van der Waals surface area contributed by atoms with Gasteiger partial charge < -0.3 is 15.2 Å². The van der Waals surface area contributed by atoms with Crippen LogP contribution in [-0.4, -0.2) is 25.5 Å². The Morgan fingerprint density at radius 1 is 1.07 bits per heavy atom. The molecule has 1 aliphatic heterocycles. The largest absolute Gasteiger partial charge is 0.348 e. The van der Waals surface area contributed by atoms with Crippen molar-refractivity contribution in [2.45, 2.75) is 44.8 Å². The van der Waals surface area contributed by atoms with Crippen LogP contribution < -0.4 is 5.73 Å². The molecule has 2 N–H and O–H groups in total. The standard InChI is InChI=1S/C12H21NO2/c1-10(9-13)8-12(14-6-7-15-12)5-4-11(10)2-3-11/h2-9,13H2,1H3. The summed E-state index contributed by atoms with van der Waals surface area (Å²) in [5, 5.41) is 0. The maximum absolute atomic E-state index is 5.99. The maximum atomic E-state index is 5.99. The summed E-state index contributed by atoms with van der Waals surface area (Å²) >= 11 is 0. The van der Waals surface area contributed by atoms with Crippen molar-refractivity contribution in [1.29, 1.82) is 0 Å². The van der Waals surface area contributed by atoms with Gasteiger partial charge in [0.25, 0.3) is 0 Å². The fourth-order valence-electron chi connectivity index (χ4n) is 3.64. The van der Waals surface area contributed by atoms with Crippen molar-refractivity contribution in [2.75, 3.05) is 19.8 Å². The molecule has 1 heterocycles.